The van der Waals surface area contributed by atoms with Crippen molar-refractivity contribution in [2.45, 2.75) is 6.18 Å². The van der Waals surface area contributed by atoms with Gasteiger partial charge in [-0.3, -0.25) is 14.5 Å². The number of imide groups is 1. The van der Waals surface area contributed by atoms with Crippen LogP contribution in [0.25, 0.3) is 0 Å². The molecular formula is C10H5F3INO2. The molecule has 0 unspecified atom stereocenters. The van der Waals surface area contributed by atoms with Crippen molar-refractivity contribution in [1.29, 1.82) is 0 Å². The first-order valence-corrected chi connectivity index (χ1v) is 5.60. The van der Waals surface area contributed by atoms with Gasteiger partial charge in [0.1, 0.15) is 6.54 Å². The molecule has 0 saturated heterocycles. The lowest BCUT2D eigenvalue weighted by atomic mass is 10.1. The molecule has 1 aliphatic heterocycles. The molecular weight excluding hydrogens is 350 g/mol. The molecule has 1 aliphatic rings. The Morgan fingerprint density at radius 3 is 2.35 bits per heavy atom. The summed E-state index contributed by atoms with van der Waals surface area (Å²) in [4.78, 5) is 23.6. The molecule has 1 aromatic rings. The molecule has 2 amide bonds. The zero-order chi connectivity index (χ0) is 12.8. The van der Waals surface area contributed by atoms with Crippen LogP contribution in [0.3, 0.4) is 0 Å². The van der Waals surface area contributed by atoms with Crippen LogP contribution >= 0.6 is 22.6 Å². The van der Waals surface area contributed by atoms with E-state index in [1.54, 1.807) is 6.07 Å². The predicted molar refractivity (Wildman–Crippen MR) is 60.6 cm³/mol. The first kappa shape index (κ1) is 12.3. The van der Waals surface area contributed by atoms with Gasteiger partial charge >= 0.3 is 6.18 Å². The molecule has 7 heteroatoms. The lowest BCUT2D eigenvalue weighted by Crippen LogP contribution is -2.38. The van der Waals surface area contributed by atoms with Gasteiger partial charge in [-0.2, -0.15) is 13.2 Å². The summed E-state index contributed by atoms with van der Waals surface area (Å²) in [5.41, 5.74) is 0.0912. The summed E-state index contributed by atoms with van der Waals surface area (Å²) < 4.78 is 37.2. The highest BCUT2D eigenvalue weighted by atomic mass is 127. The minimum absolute atomic E-state index is 0.0335. The summed E-state index contributed by atoms with van der Waals surface area (Å²) in [6.45, 7) is -1.55. The highest BCUT2D eigenvalue weighted by molar-refractivity contribution is 14.1. The predicted octanol–water partition coefficient (Wildman–Crippen LogP) is 2.45. The molecule has 0 spiro atoms. The Labute approximate surface area is 108 Å². The Morgan fingerprint density at radius 1 is 1.18 bits per heavy atom. The zero-order valence-electron chi connectivity index (χ0n) is 8.21. The number of hydrogen-bond acceptors (Lipinski definition) is 2. The smallest absolute Gasteiger partial charge is 0.269 e. The van der Waals surface area contributed by atoms with E-state index < -0.39 is 24.5 Å². The summed E-state index contributed by atoms with van der Waals surface area (Å²) in [6, 6.07) is 4.46. The molecule has 0 atom stereocenters. The van der Waals surface area contributed by atoms with E-state index in [1.807, 2.05) is 22.6 Å². The van der Waals surface area contributed by atoms with Crippen molar-refractivity contribution < 1.29 is 22.8 Å². The standard InChI is InChI=1S/C10H5F3INO2/c11-10(12,13)4-15-8(16)5-2-1-3-6(14)7(5)9(15)17/h1-3H,4H2. The quantitative estimate of drug-likeness (QED) is 0.573. The second-order valence-corrected chi connectivity index (χ2v) is 4.64. The molecule has 0 N–H and O–H groups in total. The van der Waals surface area contributed by atoms with Crippen molar-refractivity contribution >= 4 is 34.4 Å². The number of benzene rings is 1. The number of nitrogens with zero attached hydrogens (tertiary/aromatic N) is 1. The average molecular weight is 355 g/mol. The van der Waals surface area contributed by atoms with Crippen LogP contribution in [0.5, 0.6) is 0 Å². The van der Waals surface area contributed by atoms with Gasteiger partial charge in [0.2, 0.25) is 0 Å². The van der Waals surface area contributed by atoms with E-state index >= 15 is 0 Å². The molecule has 2 rings (SSSR count). The lowest BCUT2D eigenvalue weighted by Gasteiger charge is -2.15. The van der Waals surface area contributed by atoms with Gasteiger partial charge in [-0.15, -0.1) is 0 Å². The van der Waals surface area contributed by atoms with Gasteiger partial charge in [-0.05, 0) is 34.7 Å². The fraction of sp³-hybridized carbons (Fsp3) is 0.200. The second-order valence-electron chi connectivity index (χ2n) is 3.47. The molecule has 0 fully saturated rings. The molecule has 0 bridgehead atoms. The summed E-state index contributed by atoms with van der Waals surface area (Å²) >= 11 is 1.82. The lowest BCUT2D eigenvalue weighted by molar-refractivity contribution is -0.136. The Bertz CT molecular complexity index is 513. The molecule has 90 valence electrons. The normalized spacial score (nSPS) is 15.4. The van der Waals surface area contributed by atoms with E-state index in [9.17, 15) is 22.8 Å². The molecule has 0 aromatic heterocycles. The number of carbonyl (C=O) groups excluding carboxylic acids is 2. The Morgan fingerprint density at radius 2 is 1.82 bits per heavy atom. The maximum Gasteiger partial charge on any atom is 0.406 e. The largest absolute Gasteiger partial charge is 0.406 e. The number of halogens is 4. The maximum atomic E-state index is 12.2. The van der Waals surface area contributed by atoms with E-state index in [-0.39, 0.29) is 16.0 Å². The average Bonchev–Trinajstić information content (AvgIpc) is 2.43. The number of fused-ring (bicyclic) bond motifs is 1. The Balaban J connectivity index is 2.43. The van der Waals surface area contributed by atoms with Gasteiger partial charge in [-0.1, -0.05) is 6.07 Å². The Kier molecular flexibility index (Phi) is 2.88. The summed E-state index contributed by atoms with van der Waals surface area (Å²) in [6.07, 6.45) is -4.58. The molecule has 17 heavy (non-hydrogen) atoms. The van der Waals surface area contributed by atoms with Crippen LogP contribution in [0.1, 0.15) is 20.7 Å². The first-order chi connectivity index (χ1) is 7.81. The van der Waals surface area contributed by atoms with Crippen molar-refractivity contribution in [1.82, 2.24) is 4.90 Å². The van der Waals surface area contributed by atoms with Crippen LogP contribution in [-0.2, 0) is 0 Å². The van der Waals surface area contributed by atoms with Gasteiger partial charge in [0.15, 0.2) is 0 Å². The monoisotopic (exact) mass is 355 g/mol. The third kappa shape index (κ3) is 2.15. The third-order valence-corrected chi connectivity index (χ3v) is 3.18. The van der Waals surface area contributed by atoms with E-state index in [0.717, 1.165) is 0 Å². The van der Waals surface area contributed by atoms with Gasteiger partial charge in [0.25, 0.3) is 11.8 Å². The number of rotatable bonds is 1. The summed E-state index contributed by atoms with van der Waals surface area (Å²) in [5, 5.41) is 0. The van der Waals surface area contributed by atoms with Gasteiger partial charge in [-0.25, -0.2) is 0 Å². The maximum absolute atomic E-state index is 12.2. The van der Waals surface area contributed by atoms with Gasteiger partial charge < -0.3 is 0 Å². The zero-order valence-corrected chi connectivity index (χ0v) is 10.4. The molecule has 1 aromatic carbocycles. The van der Waals surface area contributed by atoms with Gasteiger partial charge in [0, 0.05) is 3.57 Å². The fourth-order valence-corrected chi connectivity index (χ4v) is 2.34. The topological polar surface area (TPSA) is 37.4 Å². The number of alkyl halides is 3. The van der Waals surface area contributed by atoms with Crippen molar-refractivity contribution in [3.63, 3.8) is 0 Å². The number of hydrogen-bond donors (Lipinski definition) is 0. The summed E-state index contributed by atoms with van der Waals surface area (Å²) in [7, 11) is 0. The minimum atomic E-state index is -4.58. The van der Waals surface area contributed by atoms with Crippen molar-refractivity contribution in [3.8, 4) is 0 Å². The highest BCUT2D eigenvalue weighted by Gasteiger charge is 2.43. The summed E-state index contributed by atoms with van der Waals surface area (Å²) in [5.74, 6) is -1.77. The van der Waals surface area contributed by atoms with Crippen LogP contribution in [-0.4, -0.2) is 29.4 Å². The van der Waals surface area contributed by atoms with Crippen LogP contribution < -0.4 is 0 Å². The molecule has 3 nitrogen and oxygen atoms in total. The SMILES string of the molecule is O=C1c2cccc(I)c2C(=O)N1CC(F)(F)F. The van der Waals surface area contributed by atoms with E-state index in [2.05, 4.69) is 0 Å². The molecule has 0 radical (unpaired) electrons. The Hall–Kier alpha value is -1.12. The second kappa shape index (κ2) is 3.97. The number of carbonyl (C=O) groups is 2. The first-order valence-electron chi connectivity index (χ1n) is 4.53. The van der Waals surface area contributed by atoms with E-state index in [4.69, 9.17) is 0 Å². The minimum Gasteiger partial charge on any atom is -0.269 e. The van der Waals surface area contributed by atoms with E-state index in [0.29, 0.717) is 3.57 Å². The molecule has 0 saturated carbocycles. The van der Waals surface area contributed by atoms with Crippen molar-refractivity contribution in [2.75, 3.05) is 6.54 Å². The van der Waals surface area contributed by atoms with Crippen LogP contribution in [0, 0.1) is 3.57 Å². The van der Waals surface area contributed by atoms with E-state index in [1.165, 1.54) is 12.1 Å². The molecule has 0 aliphatic carbocycles. The number of amides is 2. The van der Waals surface area contributed by atoms with Gasteiger partial charge in [0.05, 0.1) is 11.1 Å². The van der Waals surface area contributed by atoms with Crippen LogP contribution in [0.2, 0.25) is 0 Å². The van der Waals surface area contributed by atoms with Crippen LogP contribution in [0.15, 0.2) is 18.2 Å². The fourth-order valence-electron chi connectivity index (χ4n) is 1.62. The third-order valence-electron chi connectivity index (χ3n) is 2.29. The molecule has 1 heterocycles. The van der Waals surface area contributed by atoms with Crippen molar-refractivity contribution in [2.24, 2.45) is 0 Å². The van der Waals surface area contributed by atoms with Crippen LogP contribution in [0.4, 0.5) is 13.2 Å². The van der Waals surface area contributed by atoms with Crippen molar-refractivity contribution in [3.05, 3.63) is 32.9 Å². The highest BCUT2D eigenvalue weighted by Crippen LogP contribution is 2.29.